The minimum absolute atomic E-state index is 0.107. The predicted octanol–water partition coefficient (Wildman–Crippen LogP) is 0.823. The molecule has 0 bridgehead atoms. The fraction of sp³-hybridized carbons (Fsp3) is 0.667. The number of aromatic nitrogens is 2. The smallest absolute Gasteiger partial charge is 0.243 e. The van der Waals surface area contributed by atoms with Crippen LogP contribution in [0.1, 0.15) is 18.4 Å². The molecule has 0 fully saturated rings. The normalized spacial score (nSPS) is 13.3. The van der Waals surface area contributed by atoms with Gasteiger partial charge < -0.3 is 10.3 Å². The van der Waals surface area contributed by atoms with Gasteiger partial charge in [-0.2, -0.15) is 16.7 Å². The van der Waals surface area contributed by atoms with Crippen LogP contribution in [0.2, 0.25) is 0 Å². The van der Waals surface area contributed by atoms with Crippen molar-refractivity contribution in [1.82, 2.24) is 10.1 Å². The van der Waals surface area contributed by atoms with Crippen LogP contribution in [0.4, 0.5) is 0 Å². The second kappa shape index (κ2) is 4.35. The van der Waals surface area contributed by atoms with Crippen LogP contribution in [0.5, 0.6) is 0 Å². The molecule has 0 aromatic carbocycles. The summed E-state index contributed by atoms with van der Waals surface area (Å²) >= 11 is 1.76. The minimum atomic E-state index is -0.107. The van der Waals surface area contributed by atoms with Gasteiger partial charge in [0.25, 0.3) is 0 Å². The fourth-order valence-electron chi connectivity index (χ4n) is 0.713. The molecule has 0 saturated carbocycles. The van der Waals surface area contributed by atoms with E-state index in [1.807, 2.05) is 6.26 Å². The van der Waals surface area contributed by atoms with E-state index in [1.54, 1.807) is 11.8 Å². The molecule has 2 N–H and O–H groups in total. The third-order valence-corrected chi connectivity index (χ3v) is 1.97. The standard InChI is InChI=1S/C6H11N3OS/c1-11-3-2-5(7)6-8-4-9-10-6/h4-5H,2-3,7H2,1H3/t5-/m0/s1. The Balaban J connectivity index is 2.36. The molecule has 0 spiro atoms. The molecule has 0 aliphatic carbocycles. The first-order chi connectivity index (χ1) is 5.34. The first kappa shape index (κ1) is 8.55. The molecule has 1 rings (SSSR count). The van der Waals surface area contributed by atoms with Gasteiger partial charge in [0.15, 0.2) is 6.33 Å². The molecule has 0 radical (unpaired) electrons. The summed E-state index contributed by atoms with van der Waals surface area (Å²) in [6.07, 6.45) is 4.29. The first-order valence-electron chi connectivity index (χ1n) is 3.35. The second-order valence-corrected chi connectivity index (χ2v) is 3.15. The molecule has 1 heterocycles. The highest BCUT2D eigenvalue weighted by atomic mass is 32.2. The van der Waals surface area contributed by atoms with Gasteiger partial charge in [-0.05, 0) is 18.4 Å². The van der Waals surface area contributed by atoms with E-state index in [-0.39, 0.29) is 6.04 Å². The molecule has 5 heteroatoms. The van der Waals surface area contributed by atoms with Gasteiger partial charge in [-0.1, -0.05) is 5.16 Å². The number of thioether (sulfide) groups is 1. The SMILES string of the molecule is CSCC[C@H](N)c1ncno1. The van der Waals surface area contributed by atoms with Crippen LogP contribution in [0.25, 0.3) is 0 Å². The maximum atomic E-state index is 5.72. The van der Waals surface area contributed by atoms with Crippen LogP contribution in [-0.2, 0) is 0 Å². The van der Waals surface area contributed by atoms with Crippen molar-refractivity contribution in [2.75, 3.05) is 12.0 Å². The van der Waals surface area contributed by atoms with Crippen molar-refractivity contribution in [1.29, 1.82) is 0 Å². The van der Waals surface area contributed by atoms with Gasteiger partial charge in [-0.15, -0.1) is 0 Å². The van der Waals surface area contributed by atoms with Crippen molar-refractivity contribution in [3.05, 3.63) is 12.2 Å². The molecule has 0 saturated heterocycles. The number of rotatable bonds is 4. The molecular formula is C6H11N3OS. The van der Waals surface area contributed by atoms with Gasteiger partial charge in [-0.3, -0.25) is 0 Å². The van der Waals surface area contributed by atoms with Crippen LogP contribution in [-0.4, -0.2) is 22.1 Å². The number of hydrogen-bond acceptors (Lipinski definition) is 5. The first-order valence-corrected chi connectivity index (χ1v) is 4.75. The van der Waals surface area contributed by atoms with Gasteiger partial charge in [0.1, 0.15) is 0 Å². The summed E-state index contributed by atoms with van der Waals surface area (Å²) < 4.78 is 4.80. The van der Waals surface area contributed by atoms with Crippen molar-refractivity contribution in [2.24, 2.45) is 5.73 Å². The molecule has 0 amide bonds. The maximum Gasteiger partial charge on any atom is 0.243 e. The zero-order valence-corrected chi connectivity index (χ0v) is 7.17. The van der Waals surface area contributed by atoms with Crippen molar-refractivity contribution in [2.45, 2.75) is 12.5 Å². The quantitative estimate of drug-likeness (QED) is 0.730. The lowest BCUT2D eigenvalue weighted by molar-refractivity contribution is 0.352. The predicted molar refractivity (Wildman–Crippen MR) is 44.2 cm³/mol. The average molecular weight is 173 g/mol. The molecule has 1 aromatic rings. The van der Waals surface area contributed by atoms with E-state index in [1.165, 1.54) is 6.33 Å². The Kier molecular flexibility index (Phi) is 3.38. The Labute approximate surface area is 69.5 Å². The van der Waals surface area contributed by atoms with Crippen LogP contribution in [0.3, 0.4) is 0 Å². The molecular weight excluding hydrogens is 162 g/mol. The summed E-state index contributed by atoms with van der Waals surface area (Å²) in [7, 11) is 0. The third-order valence-electron chi connectivity index (χ3n) is 1.33. The highest BCUT2D eigenvalue weighted by molar-refractivity contribution is 7.98. The molecule has 0 aliphatic heterocycles. The van der Waals surface area contributed by atoms with E-state index < -0.39 is 0 Å². The molecule has 0 unspecified atom stereocenters. The summed E-state index contributed by atoms with van der Waals surface area (Å²) in [4.78, 5) is 3.86. The second-order valence-electron chi connectivity index (χ2n) is 2.17. The average Bonchev–Trinajstić information content (AvgIpc) is 2.52. The van der Waals surface area contributed by atoms with E-state index in [2.05, 4.69) is 10.1 Å². The van der Waals surface area contributed by atoms with E-state index in [4.69, 9.17) is 10.3 Å². The lowest BCUT2D eigenvalue weighted by atomic mass is 10.2. The number of nitrogens with two attached hydrogens (primary N) is 1. The Morgan fingerprint density at radius 1 is 1.82 bits per heavy atom. The molecule has 4 nitrogen and oxygen atoms in total. The van der Waals surface area contributed by atoms with Crippen molar-refractivity contribution < 1.29 is 4.52 Å². The number of nitrogens with zero attached hydrogens (tertiary/aromatic N) is 2. The van der Waals surface area contributed by atoms with Gasteiger partial charge in [0.2, 0.25) is 5.89 Å². The number of hydrogen-bond donors (Lipinski definition) is 1. The Morgan fingerprint density at radius 3 is 3.18 bits per heavy atom. The van der Waals surface area contributed by atoms with Crippen LogP contribution < -0.4 is 5.73 Å². The highest BCUT2D eigenvalue weighted by Gasteiger charge is 2.09. The summed E-state index contributed by atoms with van der Waals surface area (Å²) in [5.41, 5.74) is 5.72. The van der Waals surface area contributed by atoms with Crippen molar-refractivity contribution >= 4 is 11.8 Å². The maximum absolute atomic E-state index is 5.72. The van der Waals surface area contributed by atoms with E-state index in [0.29, 0.717) is 5.89 Å². The van der Waals surface area contributed by atoms with Gasteiger partial charge in [0, 0.05) is 0 Å². The zero-order chi connectivity index (χ0) is 8.10. The van der Waals surface area contributed by atoms with Gasteiger partial charge >= 0.3 is 0 Å². The summed E-state index contributed by atoms with van der Waals surface area (Å²) in [6, 6.07) is -0.107. The lowest BCUT2D eigenvalue weighted by Crippen LogP contribution is -2.11. The fourth-order valence-corrected chi connectivity index (χ4v) is 1.20. The van der Waals surface area contributed by atoms with Crippen LogP contribution >= 0.6 is 11.8 Å². The van der Waals surface area contributed by atoms with E-state index in [9.17, 15) is 0 Å². The lowest BCUT2D eigenvalue weighted by Gasteiger charge is -2.03. The molecule has 0 aliphatic rings. The van der Waals surface area contributed by atoms with Gasteiger partial charge in [0.05, 0.1) is 6.04 Å². The third kappa shape index (κ3) is 2.51. The zero-order valence-electron chi connectivity index (χ0n) is 6.36. The van der Waals surface area contributed by atoms with Crippen molar-refractivity contribution in [3.8, 4) is 0 Å². The van der Waals surface area contributed by atoms with Crippen molar-refractivity contribution in [3.63, 3.8) is 0 Å². The molecule has 1 atom stereocenters. The summed E-state index contributed by atoms with van der Waals surface area (Å²) in [5.74, 6) is 1.54. The van der Waals surface area contributed by atoms with Crippen LogP contribution in [0, 0.1) is 0 Å². The Morgan fingerprint density at radius 2 is 2.64 bits per heavy atom. The monoisotopic (exact) mass is 173 g/mol. The molecule has 62 valence electrons. The van der Waals surface area contributed by atoms with E-state index in [0.717, 1.165) is 12.2 Å². The van der Waals surface area contributed by atoms with Gasteiger partial charge in [-0.25, -0.2) is 0 Å². The summed E-state index contributed by atoms with van der Waals surface area (Å²) in [5, 5.41) is 3.48. The topological polar surface area (TPSA) is 64.9 Å². The molecule has 11 heavy (non-hydrogen) atoms. The Hall–Kier alpha value is -0.550. The minimum Gasteiger partial charge on any atom is -0.338 e. The Bertz CT molecular complexity index is 190. The summed E-state index contributed by atoms with van der Waals surface area (Å²) in [6.45, 7) is 0. The highest BCUT2D eigenvalue weighted by Crippen LogP contribution is 2.11. The van der Waals surface area contributed by atoms with Crippen LogP contribution in [0.15, 0.2) is 10.9 Å². The largest absolute Gasteiger partial charge is 0.338 e. The van der Waals surface area contributed by atoms with E-state index >= 15 is 0 Å². The molecule has 1 aromatic heterocycles.